The van der Waals surface area contributed by atoms with Gasteiger partial charge in [-0.1, -0.05) is 24.7 Å². The van der Waals surface area contributed by atoms with Crippen molar-refractivity contribution < 1.29 is 0 Å². The van der Waals surface area contributed by atoms with Gasteiger partial charge in [-0.25, -0.2) is 0 Å². The summed E-state index contributed by atoms with van der Waals surface area (Å²) >= 11 is 7.31. The number of aromatic nitrogens is 2. The summed E-state index contributed by atoms with van der Waals surface area (Å²) < 4.78 is 0.539. The Bertz CT molecular complexity index is 352. The van der Waals surface area contributed by atoms with Gasteiger partial charge >= 0.3 is 0 Å². The van der Waals surface area contributed by atoms with Crippen molar-refractivity contribution in [3.63, 3.8) is 0 Å². The Morgan fingerprint density at radius 3 is 2.94 bits per heavy atom. The van der Waals surface area contributed by atoms with Gasteiger partial charge in [-0.05, 0) is 44.0 Å². The van der Waals surface area contributed by atoms with Crippen molar-refractivity contribution in [2.45, 2.75) is 45.2 Å². The highest BCUT2D eigenvalue weighted by Crippen LogP contribution is 2.17. The van der Waals surface area contributed by atoms with Gasteiger partial charge < -0.3 is 5.32 Å². The van der Waals surface area contributed by atoms with E-state index in [4.69, 9.17) is 11.6 Å². The van der Waals surface area contributed by atoms with E-state index in [1.807, 2.05) is 0 Å². The molecule has 18 heavy (non-hydrogen) atoms. The molecule has 102 valence electrons. The number of nitrogens with one attached hydrogen (secondary N) is 1. The smallest absolute Gasteiger partial charge is 0.207 e. The molecule has 1 fully saturated rings. The second kappa shape index (κ2) is 7.38. The number of nitrogens with zero attached hydrogens (tertiary/aromatic N) is 3. The van der Waals surface area contributed by atoms with Crippen molar-refractivity contribution in [2.75, 3.05) is 19.6 Å². The van der Waals surface area contributed by atoms with E-state index in [1.54, 1.807) is 0 Å². The standard InChI is InChI=1S/C12H21ClN4S/c1-2-7-17(8-10-5-3-4-6-14-10)9-11-15-16-12(13)18-11/h10,14H,2-9H2,1H3. The second-order valence-electron chi connectivity index (χ2n) is 4.83. The molecule has 0 amide bonds. The van der Waals surface area contributed by atoms with Gasteiger partial charge in [-0.3, -0.25) is 4.90 Å². The Morgan fingerprint density at radius 1 is 1.44 bits per heavy atom. The fraction of sp³-hybridized carbons (Fsp3) is 0.833. The molecule has 1 aliphatic rings. The first-order valence-electron chi connectivity index (χ1n) is 6.71. The van der Waals surface area contributed by atoms with Gasteiger partial charge in [0.15, 0.2) is 0 Å². The summed E-state index contributed by atoms with van der Waals surface area (Å²) in [6.45, 7) is 6.46. The number of rotatable bonds is 6. The summed E-state index contributed by atoms with van der Waals surface area (Å²) in [7, 11) is 0. The Hall–Kier alpha value is -0.230. The monoisotopic (exact) mass is 288 g/mol. The minimum atomic E-state index is 0.539. The van der Waals surface area contributed by atoms with E-state index in [0.717, 1.165) is 31.2 Å². The highest BCUT2D eigenvalue weighted by Gasteiger charge is 2.17. The van der Waals surface area contributed by atoms with Crippen LogP contribution in [0, 0.1) is 0 Å². The molecule has 1 saturated heterocycles. The molecule has 1 aromatic rings. The first kappa shape index (κ1) is 14.2. The molecule has 6 heteroatoms. The predicted octanol–water partition coefficient (Wildman–Crippen LogP) is 2.55. The molecule has 0 aliphatic carbocycles. The molecule has 1 aromatic heterocycles. The number of hydrogen-bond donors (Lipinski definition) is 1. The van der Waals surface area contributed by atoms with Crippen LogP contribution in [0.4, 0.5) is 0 Å². The van der Waals surface area contributed by atoms with Crippen molar-refractivity contribution >= 4 is 22.9 Å². The van der Waals surface area contributed by atoms with Crippen LogP contribution in [0.2, 0.25) is 4.47 Å². The molecule has 0 saturated carbocycles. The number of halogens is 1. The van der Waals surface area contributed by atoms with Gasteiger partial charge in [0.05, 0.1) is 6.54 Å². The van der Waals surface area contributed by atoms with Crippen LogP contribution in [0.3, 0.4) is 0 Å². The van der Waals surface area contributed by atoms with Crippen LogP contribution in [-0.4, -0.2) is 40.8 Å². The highest BCUT2D eigenvalue weighted by atomic mass is 35.5. The molecule has 0 aromatic carbocycles. The van der Waals surface area contributed by atoms with Gasteiger partial charge in [-0.15, -0.1) is 10.2 Å². The zero-order valence-electron chi connectivity index (χ0n) is 10.9. The van der Waals surface area contributed by atoms with Gasteiger partial charge in [-0.2, -0.15) is 0 Å². The maximum atomic E-state index is 5.83. The molecular weight excluding hydrogens is 268 g/mol. The maximum Gasteiger partial charge on any atom is 0.207 e. The Balaban J connectivity index is 1.86. The lowest BCUT2D eigenvalue weighted by molar-refractivity contribution is 0.216. The quantitative estimate of drug-likeness (QED) is 0.873. The third-order valence-corrected chi connectivity index (χ3v) is 4.24. The van der Waals surface area contributed by atoms with Crippen LogP contribution in [0.25, 0.3) is 0 Å². The number of hydrogen-bond acceptors (Lipinski definition) is 5. The van der Waals surface area contributed by atoms with Crippen LogP contribution < -0.4 is 5.32 Å². The Morgan fingerprint density at radius 2 is 2.33 bits per heavy atom. The molecule has 2 heterocycles. The van der Waals surface area contributed by atoms with Gasteiger partial charge in [0.2, 0.25) is 4.47 Å². The first-order chi connectivity index (χ1) is 8.78. The lowest BCUT2D eigenvalue weighted by Crippen LogP contribution is -2.43. The molecule has 2 rings (SSSR count). The topological polar surface area (TPSA) is 41.1 Å². The fourth-order valence-corrected chi connectivity index (χ4v) is 3.34. The molecule has 0 radical (unpaired) electrons. The highest BCUT2D eigenvalue weighted by molar-refractivity contribution is 7.15. The summed E-state index contributed by atoms with van der Waals surface area (Å²) in [4.78, 5) is 2.46. The van der Waals surface area contributed by atoms with E-state index in [9.17, 15) is 0 Å². The van der Waals surface area contributed by atoms with Crippen LogP contribution in [0.5, 0.6) is 0 Å². The van der Waals surface area contributed by atoms with Crippen molar-refractivity contribution in [1.82, 2.24) is 20.4 Å². The van der Waals surface area contributed by atoms with Crippen molar-refractivity contribution in [1.29, 1.82) is 0 Å². The average Bonchev–Trinajstić information content (AvgIpc) is 2.76. The minimum Gasteiger partial charge on any atom is -0.313 e. The molecule has 1 atom stereocenters. The third kappa shape index (κ3) is 4.46. The normalized spacial score (nSPS) is 20.5. The van der Waals surface area contributed by atoms with Gasteiger partial charge in [0, 0.05) is 12.6 Å². The molecule has 1 N–H and O–H groups in total. The average molecular weight is 289 g/mol. The SMILES string of the molecule is CCCN(Cc1nnc(Cl)s1)CC1CCCCN1. The van der Waals surface area contributed by atoms with Gasteiger partial charge in [0.1, 0.15) is 5.01 Å². The molecule has 0 bridgehead atoms. The Kier molecular flexibility index (Phi) is 5.82. The van der Waals surface area contributed by atoms with Crippen LogP contribution in [-0.2, 0) is 6.54 Å². The van der Waals surface area contributed by atoms with E-state index in [0.29, 0.717) is 10.5 Å². The van der Waals surface area contributed by atoms with Crippen molar-refractivity contribution in [2.24, 2.45) is 0 Å². The van der Waals surface area contributed by atoms with Crippen molar-refractivity contribution in [3.05, 3.63) is 9.47 Å². The van der Waals surface area contributed by atoms with Crippen LogP contribution >= 0.6 is 22.9 Å². The summed E-state index contributed by atoms with van der Waals surface area (Å²) in [5, 5.41) is 12.6. The summed E-state index contributed by atoms with van der Waals surface area (Å²) in [5.74, 6) is 0. The first-order valence-corrected chi connectivity index (χ1v) is 7.91. The third-order valence-electron chi connectivity index (χ3n) is 3.23. The van der Waals surface area contributed by atoms with E-state index >= 15 is 0 Å². The van der Waals surface area contributed by atoms with E-state index < -0.39 is 0 Å². The minimum absolute atomic E-state index is 0.539. The van der Waals surface area contributed by atoms with Crippen LogP contribution in [0.1, 0.15) is 37.6 Å². The van der Waals surface area contributed by atoms with E-state index in [1.165, 1.54) is 37.0 Å². The molecule has 0 spiro atoms. The molecule has 1 aliphatic heterocycles. The fourth-order valence-electron chi connectivity index (χ4n) is 2.43. The van der Waals surface area contributed by atoms with Gasteiger partial charge in [0.25, 0.3) is 0 Å². The van der Waals surface area contributed by atoms with Crippen LogP contribution in [0.15, 0.2) is 0 Å². The zero-order valence-corrected chi connectivity index (χ0v) is 12.4. The summed E-state index contributed by atoms with van der Waals surface area (Å²) in [5.41, 5.74) is 0. The maximum absolute atomic E-state index is 5.83. The van der Waals surface area contributed by atoms with E-state index in [2.05, 4.69) is 27.3 Å². The van der Waals surface area contributed by atoms with Crippen molar-refractivity contribution in [3.8, 4) is 0 Å². The lowest BCUT2D eigenvalue weighted by atomic mass is 10.0. The summed E-state index contributed by atoms with van der Waals surface area (Å²) in [6, 6.07) is 0.633. The second-order valence-corrected chi connectivity index (χ2v) is 6.47. The summed E-state index contributed by atoms with van der Waals surface area (Å²) in [6.07, 6.45) is 5.12. The largest absolute Gasteiger partial charge is 0.313 e. The molecular formula is C12H21ClN4S. The molecule has 4 nitrogen and oxygen atoms in total. The Labute approximate surface area is 118 Å². The number of piperidine rings is 1. The molecule has 1 unspecified atom stereocenters. The lowest BCUT2D eigenvalue weighted by Gasteiger charge is -2.29. The predicted molar refractivity (Wildman–Crippen MR) is 76.1 cm³/mol. The zero-order chi connectivity index (χ0) is 12.8. The van der Waals surface area contributed by atoms with E-state index in [-0.39, 0.29) is 0 Å².